The molecular weight excluding hydrogens is 363 g/mol. The van der Waals surface area contributed by atoms with Crippen molar-refractivity contribution in [2.75, 3.05) is 12.4 Å². The summed E-state index contributed by atoms with van der Waals surface area (Å²) in [6.07, 6.45) is -4.22. The molecular formula is C18H18F3N3O3. The molecule has 0 radical (unpaired) electrons. The molecule has 2 N–H and O–H groups in total. The number of esters is 1. The molecule has 1 aromatic heterocycles. The van der Waals surface area contributed by atoms with Gasteiger partial charge in [0.2, 0.25) is 5.91 Å². The Morgan fingerprint density at radius 3 is 2.30 bits per heavy atom. The van der Waals surface area contributed by atoms with Crippen molar-refractivity contribution >= 4 is 17.7 Å². The molecule has 0 unspecified atom stereocenters. The summed E-state index contributed by atoms with van der Waals surface area (Å²) in [5, 5.41) is 3.73. The number of rotatable bonds is 6. The average Bonchev–Trinajstić information content (AvgIpc) is 2.62. The minimum atomic E-state index is -5.20. The molecule has 0 bridgehead atoms. The molecule has 27 heavy (non-hydrogen) atoms. The van der Waals surface area contributed by atoms with E-state index in [2.05, 4.69) is 9.72 Å². The van der Waals surface area contributed by atoms with Crippen molar-refractivity contribution in [2.45, 2.75) is 25.2 Å². The van der Waals surface area contributed by atoms with Crippen LogP contribution in [0.4, 0.5) is 19.0 Å². The van der Waals surface area contributed by atoms with Crippen molar-refractivity contribution in [3.05, 3.63) is 59.8 Å². The first-order valence-corrected chi connectivity index (χ1v) is 7.89. The number of nitrogens with one attached hydrogen (secondary N) is 2. The van der Waals surface area contributed by atoms with Crippen LogP contribution in [-0.2, 0) is 20.7 Å². The lowest BCUT2D eigenvalue weighted by atomic mass is 10.1. The maximum absolute atomic E-state index is 13.9. The predicted molar refractivity (Wildman–Crippen MR) is 91.7 cm³/mol. The maximum Gasteiger partial charge on any atom is 0.441 e. The van der Waals surface area contributed by atoms with Gasteiger partial charge in [-0.1, -0.05) is 36.4 Å². The fourth-order valence-corrected chi connectivity index (χ4v) is 2.31. The number of benzene rings is 1. The van der Waals surface area contributed by atoms with Gasteiger partial charge in [0.1, 0.15) is 5.82 Å². The Labute approximate surface area is 153 Å². The van der Waals surface area contributed by atoms with E-state index in [0.717, 1.165) is 7.11 Å². The summed E-state index contributed by atoms with van der Waals surface area (Å²) in [5.41, 5.74) is -2.27. The lowest BCUT2D eigenvalue weighted by Gasteiger charge is -2.34. The molecule has 6 nitrogen and oxygen atoms in total. The smallest absolute Gasteiger partial charge is 0.441 e. The third-order valence-corrected chi connectivity index (χ3v) is 3.68. The number of halogens is 3. The third kappa shape index (κ3) is 4.75. The van der Waals surface area contributed by atoms with Gasteiger partial charge in [0, 0.05) is 6.20 Å². The highest BCUT2D eigenvalue weighted by Crippen LogP contribution is 2.32. The lowest BCUT2D eigenvalue weighted by Crippen LogP contribution is -2.69. The number of aryl methyl sites for hydroxylation is 1. The van der Waals surface area contributed by atoms with E-state index in [4.69, 9.17) is 0 Å². The van der Waals surface area contributed by atoms with Crippen molar-refractivity contribution in [1.82, 2.24) is 10.3 Å². The summed E-state index contributed by atoms with van der Waals surface area (Å²) in [5.74, 6) is -2.97. The number of hydrogen-bond acceptors (Lipinski definition) is 5. The molecule has 0 aliphatic carbocycles. The van der Waals surface area contributed by atoms with Gasteiger partial charge >= 0.3 is 17.8 Å². The number of methoxy groups -OCH3 is 1. The average molecular weight is 381 g/mol. The summed E-state index contributed by atoms with van der Waals surface area (Å²) in [4.78, 5) is 28.2. The standard InChI is InChI=1S/C18H18F3N3O3/c1-12-8-9-14(22-11-12)23-17(16(26)27-2,18(19,20)21)24-15(25)10-13-6-4-3-5-7-13/h3-9,11H,10H2,1-2H3,(H,22,23)(H,24,25)/t17-/m0/s1. The summed E-state index contributed by atoms with van der Waals surface area (Å²) < 4.78 is 45.9. The number of carbonyl (C=O) groups is 2. The minimum absolute atomic E-state index is 0.247. The molecule has 0 aliphatic rings. The summed E-state index contributed by atoms with van der Waals surface area (Å²) in [6, 6.07) is 11.0. The van der Waals surface area contributed by atoms with Crippen LogP contribution in [0.3, 0.4) is 0 Å². The molecule has 0 spiro atoms. The molecule has 1 heterocycles. The highest BCUT2D eigenvalue weighted by Gasteiger charge is 2.63. The van der Waals surface area contributed by atoms with Crippen LogP contribution in [0.2, 0.25) is 0 Å². The fraction of sp³-hybridized carbons (Fsp3) is 0.278. The van der Waals surface area contributed by atoms with Crippen molar-refractivity contribution in [3.8, 4) is 0 Å². The normalized spacial score (nSPS) is 13.4. The first-order valence-electron chi connectivity index (χ1n) is 7.89. The van der Waals surface area contributed by atoms with E-state index in [1.54, 1.807) is 42.6 Å². The van der Waals surface area contributed by atoms with E-state index in [1.807, 2.05) is 5.32 Å². The van der Waals surface area contributed by atoms with E-state index in [1.165, 1.54) is 18.3 Å². The number of nitrogens with zero attached hydrogens (tertiary/aromatic N) is 1. The molecule has 2 rings (SSSR count). The Kier molecular flexibility index (Phi) is 6.04. The topological polar surface area (TPSA) is 80.3 Å². The Bertz CT molecular complexity index is 795. The van der Waals surface area contributed by atoms with Gasteiger partial charge in [0.05, 0.1) is 13.5 Å². The molecule has 0 aliphatic heterocycles. The van der Waals surface area contributed by atoms with Crippen LogP contribution in [0.25, 0.3) is 0 Å². The van der Waals surface area contributed by atoms with Crippen LogP contribution in [0.15, 0.2) is 48.7 Å². The van der Waals surface area contributed by atoms with Gasteiger partial charge in [0.25, 0.3) is 0 Å². The fourth-order valence-electron chi connectivity index (χ4n) is 2.31. The number of carbonyl (C=O) groups excluding carboxylic acids is 2. The monoisotopic (exact) mass is 381 g/mol. The van der Waals surface area contributed by atoms with Gasteiger partial charge in [-0.3, -0.25) is 4.79 Å². The van der Waals surface area contributed by atoms with Crippen molar-refractivity contribution in [3.63, 3.8) is 0 Å². The van der Waals surface area contributed by atoms with E-state index in [-0.39, 0.29) is 12.2 Å². The van der Waals surface area contributed by atoms with Crippen LogP contribution in [0.1, 0.15) is 11.1 Å². The number of pyridine rings is 1. The summed E-state index contributed by atoms with van der Waals surface area (Å²) in [7, 11) is 0.802. The molecule has 0 saturated heterocycles. The highest BCUT2D eigenvalue weighted by atomic mass is 19.4. The van der Waals surface area contributed by atoms with Crippen LogP contribution in [-0.4, -0.2) is 35.8 Å². The zero-order valence-electron chi connectivity index (χ0n) is 14.6. The Balaban J connectivity index is 2.36. The van der Waals surface area contributed by atoms with Crippen LogP contribution < -0.4 is 10.6 Å². The van der Waals surface area contributed by atoms with E-state index in [0.29, 0.717) is 11.1 Å². The SMILES string of the molecule is COC(=O)[C@@](NC(=O)Cc1ccccc1)(Nc1ccc(C)cn1)C(F)(F)F. The number of alkyl halides is 3. The van der Waals surface area contributed by atoms with Crippen LogP contribution in [0.5, 0.6) is 0 Å². The molecule has 9 heteroatoms. The van der Waals surface area contributed by atoms with Gasteiger partial charge in [-0.2, -0.15) is 13.2 Å². The van der Waals surface area contributed by atoms with Gasteiger partial charge < -0.3 is 15.4 Å². The Morgan fingerprint density at radius 1 is 1.11 bits per heavy atom. The second-order valence-electron chi connectivity index (χ2n) is 5.80. The van der Waals surface area contributed by atoms with Crippen molar-refractivity contribution in [2.24, 2.45) is 0 Å². The van der Waals surface area contributed by atoms with Gasteiger partial charge in [-0.25, -0.2) is 9.78 Å². The zero-order valence-corrected chi connectivity index (χ0v) is 14.6. The first-order chi connectivity index (χ1) is 12.7. The second-order valence-corrected chi connectivity index (χ2v) is 5.80. The van der Waals surface area contributed by atoms with Gasteiger partial charge in [0.15, 0.2) is 0 Å². The molecule has 144 valence electrons. The van der Waals surface area contributed by atoms with E-state index in [9.17, 15) is 22.8 Å². The zero-order chi connectivity index (χ0) is 20.1. The number of anilines is 1. The second kappa shape index (κ2) is 8.07. The molecule has 1 atom stereocenters. The number of amides is 1. The maximum atomic E-state index is 13.9. The predicted octanol–water partition coefficient (Wildman–Crippen LogP) is 2.59. The number of hydrogen-bond donors (Lipinski definition) is 2. The minimum Gasteiger partial charge on any atom is -0.466 e. The molecule has 0 saturated carbocycles. The number of aromatic nitrogens is 1. The summed E-state index contributed by atoms with van der Waals surface area (Å²) in [6.45, 7) is 1.70. The third-order valence-electron chi connectivity index (χ3n) is 3.68. The van der Waals surface area contributed by atoms with Crippen LogP contribution in [0, 0.1) is 6.92 Å². The van der Waals surface area contributed by atoms with E-state index >= 15 is 0 Å². The number of ether oxygens (including phenoxy) is 1. The van der Waals surface area contributed by atoms with E-state index < -0.39 is 23.7 Å². The Hall–Kier alpha value is -3.10. The van der Waals surface area contributed by atoms with Gasteiger partial charge in [-0.15, -0.1) is 0 Å². The molecule has 1 amide bonds. The van der Waals surface area contributed by atoms with Gasteiger partial charge in [-0.05, 0) is 24.1 Å². The Morgan fingerprint density at radius 2 is 1.78 bits per heavy atom. The van der Waals surface area contributed by atoms with Crippen LogP contribution >= 0.6 is 0 Å². The lowest BCUT2D eigenvalue weighted by molar-refractivity contribution is -0.206. The first kappa shape index (κ1) is 20.2. The molecule has 2 aromatic rings. The molecule has 0 fully saturated rings. The van der Waals surface area contributed by atoms with Crippen molar-refractivity contribution in [1.29, 1.82) is 0 Å². The highest BCUT2D eigenvalue weighted by molar-refractivity contribution is 5.91. The quantitative estimate of drug-likeness (QED) is 0.594. The van der Waals surface area contributed by atoms with Crippen molar-refractivity contribution < 1.29 is 27.5 Å². The molecule has 1 aromatic carbocycles. The largest absolute Gasteiger partial charge is 0.466 e. The summed E-state index contributed by atoms with van der Waals surface area (Å²) >= 11 is 0.